The Morgan fingerprint density at radius 3 is 2.43 bits per heavy atom. The number of urea groups is 1. The van der Waals surface area contributed by atoms with Gasteiger partial charge in [0.25, 0.3) is 0 Å². The third kappa shape index (κ3) is 5.00. The van der Waals surface area contributed by atoms with Crippen LogP contribution < -0.4 is 10.6 Å². The lowest BCUT2D eigenvalue weighted by Crippen LogP contribution is -2.29. The molecule has 0 atom stereocenters. The zero-order valence-electron chi connectivity index (χ0n) is 11.7. The molecule has 0 saturated heterocycles. The van der Waals surface area contributed by atoms with Crippen molar-refractivity contribution in [1.82, 2.24) is 5.32 Å². The minimum atomic E-state index is -0.229. The molecule has 0 aliphatic rings. The van der Waals surface area contributed by atoms with Crippen LogP contribution in [0.15, 0.2) is 54.6 Å². The first-order chi connectivity index (χ1) is 10.3. The summed E-state index contributed by atoms with van der Waals surface area (Å²) in [7, 11) is 0. The Labute approximate surface area is 124 Å². The number of nitrogens with zero attached hydrogens (tertiary/aromatic N) is 1. The van der Waals surface area contributed by atoms with Crippen LogP contribution in [0.4, 0.5) is 10.5 Å². The van der Waals surface area contributed by atoms with Gasteiger partial charge < -0.3 is 10.6 Å². The van der Waals surface area contributed by atoms with Crippen LogP contribution in [0.3, 0.4) is 0 Å². The van der Waals surface area contributed by atoms with Crippen molar-refractivity contribution in [2.24, 2.45) is 0 Å². The topological polar surface area (TPSA) is 64.9 Å². The molecule has 21 heavy (non-hydrogen) atoms. The number of carbonyl (C=O) groups is 1. The molecule has 106 valence electrons. The van der Waals surface area contributed by atoms with E-state index in [0.29, 0.717) is 17.8 Å². The fourth-order valence-electron chi connectivity index (χ4n) is 1.94. The molecule has 4 nitrogen and oxygen atoms in total. The first-order valence-corrected chi connectivity index (χ1v) is 6.87. The highest BCUT2D eigenvalue weighted by Crippen LogP contribution is 2.08. The third-order valence-corrected chi connectivity index (χ3v) is 3.04. The summed E-state index contributed by atoms with van der Waals surface area (Å²) in [6.07, 6.45) is 1.84. The predicted molar refractivity (Wildman–Crippen MR) is 82.9 cm³/mol. The lowest BCUT2D eigenvalue weighted by molar-refractivity contribution is 0.252. The Balaban J connectivity index is 1.69. The van der Waals surface area contributed by atoms with Crippen LogP contribution in [-0.4, -0.2) is 12.6 Å². The maximum Gasteiger partial charge on any atom is 0.319 e. The molecular weight excluding hydrogens is 262 g/mol. The summed E-state index contributed by atoms with van der Waals surface area (Å²) in [5.74, 6) is 0. The molecule has 0 radical (unpaired) electrons. The number of rotatable bonds is 5. The van der Waals surface area contributed by atoms with E-state index < -0.39 is 0 Å². The van der Waals surface area contributed by atoms with Gasteiger partial charge in [-0.2, -0.15) is 5.26 Å². The monoisotopic (exact) mass is 279 g/mol. The zero-order valence-corrected chi connectivity index (χ0v) is 11.7. The first-order valence-electron chi connectivity index (χ1n) is 6.87. The highest BCUT2D eigenvalue weighted by atomic mass is 16.2. The maximum atomic E-state index is 11.7. The van der Waals surface area contributed by atoms with Gasteiger partial charge in [0.2, 0.25) is 0 Å². The first kappa shape index (κ1) is 14.6. The average Bonchev–Trinajstić information content (AvgIpc) is 2.53. The molecule has 2 amide bonds. The molecule has 2 N–H and O–H groups in total. The van der Waals surface area contributed by atoms with Crippen molar-refractivity contribution in [3.05, 3.63) is 65.7 Å². The van der Waals surface area contributed by atoms with Gasteiger partial charge in [-0.1, -0.05) is 30.3 Å². The molecule has 2 rings (SSSR count). The number of amides is 2. The second kappa shape index (κ2) is 7.71. The molecule has 4 heteroatoms. The van der Waals surface area contributed by atoms with Crippen molar-refractivity contribution in [3.8, 4) is 6.07 Å². The van der Waals surface area contributed by atoms with Gasteiger partial charge in [-0.25, -0.2) is 4.79 Å². The molecule has 0 saturated carbocycles. The van der Waals surface area contributed by atoms with Gasteiger partial charge >= 0.3 is 6.03 Å². The van der Waals surface area contributed by atoms with E-state index in [1.165, 1.54) is 5.56 Å². The van der Waals surface area contributed by atoms with Gasteiger partial charge in [0.1, 0.15) is 0 Å². The van der Waals surface area contributed by atoms with E-state index >= 15 is 0 Å². The van der Waals surface area contributed by atoms with Gasteiger partial charge in [0, 0.05) is 12.2 Å². The van der Waals surface area contributed by atoms with Crippen molar-refractivity contribution in [2.45, 2.75) is 12.8 Å². The van der Waals surface area contributed by atoms with Gasteiger partial charge in [-0.3, -0.25) is 0 Å². The quantitative estimate of drug-likeness (QED) is 0.825. The summed E-state index contributed by atoms with van der Waals surface area (Å²) in [5.41, 5.74) is 2.52. The number of nitriles is 1. The van der Waals surface area contributed by atoms with Crippen LogP contribution in [0.5, 0.6) is 0 Å². The van der Waals surface area contributed by atoms with Gasteiger partial charge in [0.05, 0.1) is 11.6 Å². The Hall–Kier alpha value is -2.80. The van der Waals surface area contributed by atoms with E-state index in [9.17, 15) is 4.79 Å². The van der Waals surface area contributed by atoms with Crippen LogP contribution in [0.25, 0.3) is 0 Å². The molecule has 0 bridgehead atoms. The number of hydrogen-bond donors (Lipinski definition) is 2. The molecular formula is C17H17N3O. The van der Waals surface area contributed by atoms with Crippen molar-refractivity contribution < 1.29 is 4.79 Å². The summed E-state index contributed by atoms with van der Waals surface area (Å²) in [6.45, 7) is 0.622. The van der Waals surface area contributed by atoms with Crippen molar-refractivity contribution in [1.29, 1.82) is 5.26 Å². The van der Waals surface area contributed by atoms with E-state index in [-0.39, 0.29) is 6.03 Å². The highest BCUT2D eigenvalue weighted by molar-refractivity contribution is 5.89. The Bertz CT molecular complexity index is 615. The Morgan fingerprint density at radius 1 is 1.05 bits per heavy atom. The smallest absolute Gasteiger partial charge is 0.319 e. The molecule has 0 aliphatic heterocycles. The predicted octanol–water partition coefficient (Wildman–Crippen LogP) is 3.31. The minimum Gasteiger partial charge on any atom is -0.338 e. The number of nitrogens with one attached hydrogen (secondary N) is 2. The third-order valence-electron chi connectivity index (χ3n) is 3.04. The summed E-state index contributed by atoms with van der Waals surface area (Å²) in [4.78, 5) is 11.7. The van der Waals surface area contributed by atoms with Crippen LogP contribution in [-0.2, 0) is 6.42 Å². The molecule has 2 aromatic rings. The van der Waals surface area contributed by atoms with Crippen LogP contribution in [0.1, 0.15) is 17.5 Å². The lowest BCUT2D eigenvalue weighted by Gasteiger charge is -2.07. The molecule has 0 aromatic heterocycles. The highest BCUT2D eigenvalue weighted by Gasteiger charge is 2.01. The molecule has 0 spiro atoms. The van der Waals surface area contributed by atoms with Crippen molar-refractivity contribution >= 4 is 11.7 Å². The standard InChI is InChI=1S/C17H17N3O/c18-13-15-8-10-16(11-9-15)20-17(21)19-12-4-7-14-5-2-1-3-6-14/h1-3,5-6,8-11H,4,7,12H2,(H2,19,20,21). The number of hydrogen-bond acceptors (Lipinski definition) is 2. The van der Waals surface area contributed by atoms with E-state index in [2.05, 4.69) is 22.8 Å². The van der Waals surface area contributed by atoms with E-state index in [4.69, 9.17) is 5.26 Å². The SMILES string of the molecule is N#Cc1ccc(NC(=O)NCCCc2ccccc2)cc1. The van der Waals surface area contributed by atoms with Crippen molar-refractivity contribution in [2.75, 3.05) is 11.9 Å². The number of carbonyl (C=O) groups excluding carboxylic acids is 1. The van der Waals surface area contributed by atoms with Crippen molar-refractivity contribution in [3.63, 3.8) is 0 Å². The number of anilines is 1. The fourth-order valence-corrected chi connectivity index (χ4v) is 1.94. The Kier molecular flexibility index (Phi) is 5.36. The molecule has 2 aromatic carbocycles. The fraction of sp³-hybridized carbons (Fsp3) is 0.176. The molecule has 0 aliphatic carbocycles. The van der Waals surface area contributed by atoms with Gasteiger partial charge in [-0.05, 0) is 42.7 Å². The van der Waals surface area contributed by atoms with Crippen LogP contribution in [0.2, 0.25) is 0 Å². The average molecular weight is 279 g/mol. The number of aryl methyl sites for hydroxylation is 1. The molecule has 0 heterocycles. The summed E-state index contributed by atoms with van der Waals surface area (Å²) in [6, 6.07) is 18.8. The lowest BCUT2D eigenvalue weighted by atomic mass is 10.1. The van der Waals surface area contributed by atoms with E-state index in [0.717, 1.165) is 12.8 Å². The summed E-state index contributed by atoms with van der Waals surface area (Å²) >= 11 is 0. The maximum absolute atomic E-state index is 11.7. The Morgan fingerprint density at radius 2 is 1.76 bits per heavy atom. The number of benzene rings is 2. The zero-order chi connectivity index (χ0) is 14.9. The summed E-state index contributed by atoms with van der Waals surface area (Å²) in [5, 5.41) is 14.2. The molecule has 0 fully saturated rings. The summed E-state index contributed by atoms with van der Waals surface area (Å²) < 4.78 is 0. The van der Waals surface area contributed by atoms with Gasteiger partial charge in [-0.15, -0.1) is 0 Å². The van der Waals surface area contributed by atoms with Crippen LogP contribution >= 0.6 is 0 Å². The normalized spacial score (nSPS) is 9.67. The van der Waals surface area contributed by atoms with E-state index in [1.807, 2.05) is 24.3 Å². The minimum absolute atomic E-state index is 0.229. The van der Waals surface area contributed by atoms with E-state index in [1.54, 1.807) is 24.3 Å². The molecule has 0 unspecified atom stereocenters. The second-order valence-electron chi connectivity index (χ2n) is 4.66. The van der Waals surface area contributed by atoms with Gasteiger partial charge in [0.15, 0.2) is 0 Å². The second-order valence-corrected chi connectivity index (χ2v) is 4.66. The van der Waals surface area contributed by atoms with Crippen LogP contribution in [0, 0.1) is 11.3 Å². The largest absolute Gasteiger partial charge is 0.338 e.